The van der Waals surface area contributed by atoms with Crippen LogP contribution in [0.25, 0.3) is 0 Å². The molecule has 1 aromatic heterocycles. The van der Waals surface area contributed by atoms with Gasteiger partial charge in [-0.25, -0.2) is 9.78 Å². The van der Waals surface area contributed by atoms with Gasteiger partial charge >= 0.3 is 5.97 Å². The Morgan fingerprint density at radius 1 is 1.67 bits per heavy atom. The summed E-state index contributed by atoms with van der Waals surface area (Å²) in [5, 5.41) is 8.71. The van der Waals surface area contributed by atoms with E-state index in [0.717, 1.165) is 11.8 Å². The van der Waals surface area contributed by atoms with Crippen LogP contribution in [0.1, 0.15) is 22.3 Å². The SMILES string of the molecule is CC(=O)SCC#Cc1scnc1C(=O)O. The Bertz CT molecular complexity index is 442. The number of aromatic carboxylic acids is 1. The molecule has 1 rings (SSSR count). The van der Waals surface area contributed by atoms with Crippen molar-refractivity contribution in [2.24, 2.45) is 0 Å². The molecule has 1 aromatic rings. The van der Waals surface area contributed by atoms with Crippen LogP contribution < -0.4 is 0 Å². The molecule has 0 aliphatic rings. The summed E-state index contributed by atoms with van der Waals surface area (Å²) in [6, 6.07) is 0. The predicted molar refractivity (Wildman–Crippen MR) is 59.1 cm³/mol. The van der Waals surface area contributed by atoms with Crippen LogP contribution in [0.4, 0.5) is 0 Å². The Kier molecular flexibility index (Phi) is 4.34. The molecule has 0 aromatic carbocycles. The van der Waals surface area contributed by atoms with Gasteiger partial charge in [-0.15, -0.1) is 11.3 Å². The molecule has 0 atom stereocenters. The molecule has 0 amide bonds. The Hall–Kier alpha value is -1.32. The molecule has 0 radical (unpaired) electrons. The fourth-order valence-electron chi connectivity index (χ4n) is 0.741. The van der Waals surface area contributed by atoms with Crippen LogP contribution >= 0.6 is 23.1 Å². The van der Waals surface area contributed by atoms with Crippen molar-refractivity contribution in [1.82, 2.24) is 4.98 Å². The molecule has 6 heteroatoms. The van der Waals surface area contributed by atoms with Crippen LogP contribution in [0, 0.1) is 11.8 Å². The Balaban J connectivity index is 2.67. The third kappa shape index (κ3) is 3.73. The van der Waals surface area contributed by atoms with Gasteiger partial charge in [0.25, 0.3) is 0 Å². The molecule has 78 valence electrons. The molecular weight excluding hydrogens is 234 g/mol. The van der Waals surface area contributed by atoms with Crippen LogP contribution in [0.3, 0.4) is 0 Å². The average Bonchev–Trinajstić information content (AvgIpc) is 2.60. The first-order valence-corrected chi connectivity index (χ1v) is 5.77. The van der Waals surface area contributed by atoms with E-state index >= 15 is 0 Å². The van der Waals surface area contributed by atoms with Crippen molar-refractivity contribution in [2.45, 2.75) is 6.92 Å². The van der Waals surface area contributed by atoms with Gasteiger partial charge in [-0.05, 0) is 0 Å². The van der Waals surface area contributed by atoms with Crippen molar-refractivity contribution < 1.29 is 14.7 Å². The average molecular weight is 241 g/mol. The van der Waals surface area contributed by atoms with Crippen molar-refractivity contribution >= 4 is 34.2 Å². The molecule has 0 spiro atoms. The summed E-state index contributed by atoms with van der Waals surface area (Å²) in [6.07, 6.45) is 0. The molecule has 0 bridgehead atoms. The van der Waals surface area contributed by atoms with E-state index in [1.54, 1.807) is 0 Å². The number of hydrogen-bond donors (Lipinski definition) is 1. The normalized spacial score (nSPS) is 9.13. The molecule has 1 heterocycles. The van der Waals surface area contributed by atoms with Crippen LogP contribution in [-0.4, -0.2) is 26.9 Å². The first kappa shape index (κ1) is 11.8. The van der Waals surface area contributed by atoms with Crippen molar-refractivity contribution in [3.8, 4) is 11.8 Å². The summed E-state index contributed by atoms with van der Waals surface area (Å²) in [7, 11) is 0. The summed E-state index contributed by atoms with van der Waals surface area (Å²) in [5.41, 5.74) is 1.41. The fourth-order valence-corrected chi connectivity index (χ4v) is 1.74. The van der Waals surface area contributed by atoms with E-state index in [4.69, 9.17) is 5.11 Å². The Labute approximate surface area is 94.7 Å². The zero-order valence-corrected chi connectivity index (χ0v) is 9.44. The number of aromatic nitrogens is 1. The summed E-state index contributed by atoms with van der Waals surface area (Å²) in [5.74, 6) is 4.68. The lowest BCUT2D eigenvalue weighted by molar-refractivity contribution is -0.109. The molecule has 0 aliphatic heterocycles. The van der Waals surface area contributed by atoms with Gasteiger partial charge in [-0.1, -0.05) is 23.6 Å². The second kappa shape index (κ2) is 5.53. The van der Waals surface area contributed by atoms with E-state index in [1.807, 2.05) is 0 Å². The maximum absolute atomic E-state index is 10.6. The molecule has 0 aliphatic carbocycles. The number of carboxylic acids is 1. The molecule has 15 heavy (non-hydrogen) atoms. The second-order valence-electron chi connectivity index (χ2n) is 2.42. The zero-order valence-electron chi connectivity index (χ0n) is 7.81. The maximum Gasteiger partial charge on any atom is 0.356 e. The minimum atomic E-state index is -1.08. The number of carbonyl (C=O) groups is 2. The summed E-state index contributed by atoms with van der Waals surface area (Å²) >= 11 is 2.27. The number of carboxylic acid groups (broad SMARTS) is 1. The van der Waals surface area contributed by atoms with E-state index < -0.39 is 5.97 Å². The summed E-state index contributed by atoms with van der Waals surface area (Å²) in [4.78, 5) is 25.3. The molecule has 0 saturated heterocycles. The number of thioether (sulfide) groups is 1. The Morgan fingerprint density at radius 2 is 2.40 bits per heavy atom. The monoisotopic (exact) mass is 241 g/mol. The van der Waals surface area contributed by atoms with Gasteiger partial charge in [0.2, 0.25) is 0 Å². The number of hydrogen-bond acceptors (Lipinski definition) is 5. The maximum atomic E-state index is 10.6. The standard InChI is InChI=1S/C9H7NO3S2/c1-6(11)14-4-2-3-7-8(9(12)13)10-5-15-7/h5H,4H2,1H3,(H,12,13). The highest BCUT2D eigenvalue weighted by Gasteiger charge is 2.10. The van der Waals surface area contributed by atoms with E-state index in [1.165, 1.54) is 23.8 Å². The van der Waals surface area contributed by atoms with Gasteiger partial charge in [-0.3, -0.25) is 4.79 Å². The minimum Gasteiger partial charge on any atom is -0.476 e. The lowest BCUT2D eigenvalue weighted by Gasteiger charge is -1.87. The van der Waals surface area contributed by atoms with Gasteiger partial charge in [0.1, 0.15) is 4.88 Å². The zero-order chi connectivity index (χ0) is 11.3. The quantitative estimate of drug-likeness (QED) is 0.794. The van der Waals surface area contributed by atoms with Crippen LogP contribution in [-0.2, 0) is 4.79 Å². The van der Waals surface area contributed by atoms with Gasteiger partial charge in [0.05, 0.1) is 11.3 Å². The van der Waals surface area contributed by atoms with Gasteiger partial charge < -0.3 is 5.11 Å². The highest BCUT2D eigenvalue weighted by atomic mass is 32.2. The van der Waals surface area contributed by atoms with E-state index in [9.17, 15) is 9.59 Å². The van der Waals surface area contributed by atoms with Gasteiger partial charge in [-0.2, -0.15) is 0 Å². The topological polar surface area (TPSA) is 67.3 Å². The first-order valence-electron chi connectivity index (χ1n) is 3.90. The molecule has 0 saturated carbocycles. The largest absolute Gasteiger partial charge is 0.476 e. The van der Waals surface area contributed by atoms with Gasteiger partial charge in [0.15, 0.2) is 10.8 Å². The fraction of sp³-hybridized carbons (Fsp3) is 0.222. The van der Waals surface area contributed by atoms with Crippen molar-refractivity contribution in [3.63, 3.8) is 0 Å². The number of thiazole rings is 1. The molecule has 0 unspecified atom stereocenters. The van der Waals surface area contributed by atoms with Crippen molar-refractivity contribution in [3.05, 3.63) is 16.1 Å². The first-order chi connectivity index (χ1) is 7.11. The number of carbonyl (C=O) groups excluding carboxylic acids is 1. The second-order valence-corrected chi connectivity index (χ2v) is 4.42. The molecule has 1 N–H and O–H groups in total. The highest BCUT2D eigenvalue weighted by Crippen LogP contribution is 2.11. The number of nitrogens with zero attached hydrogens (tertiary/aromatic N) is 1. The summed E-state index contributed by atoms with van der Waals surface area (Å²) in [6.45, 7) is 1.46. The van der Waals surface area contributed by atoms with Crippen LogP contribution in [0.2, 0.25) is 0 Å². The van der Waals surface area contributed by atoms with E-state index in [-0.39, 0.29) is 10.8 Å². The lowest BCUT2D eigenvalue weighted by Crippen LogP contribution is -1.98. The third-order valence-corrected chi connectivity index (χ3v) is 2.76. The molecular formula is C9H7NO3S2. The van der Waals surface area contributed by atoms with Crippen molar-refractivity contribution in [2.75, 3.05) is 5.75 Å². The molecule has 0 fully saturated rings. The Morgan fingerprint density at radius 3 is 3.00 bits per heavy atom. The van der Waals surface area contributed by atoms with Crippen LogP contribution in [0.15, 0.2) is 5.51 Å². The highest BCUT2D eigenvalue weighted by molar-refractivity contribution is 8.13. The van der Waals surface area contributed by atoms with E-state index in [0.29, 0.717) is 10.6 Å². The van der Waals surface area contributed by atoms with E-state index in [2.05, 4.69) is 16.8 Å². The smallest absolute Gasteiger partial charge is 0.356 e. The predicted octanol–water partition coefficient (Wildman–Crippen LogP) is 1.47. The minimum absolute atomic E-state index is 0.00735. The number of rotatable bonds is 2. The van der Waals surface area contributed by atoms with Crippen molar-refractivity contribution in [1.29, 1.82) is 0 Å². The summed E-state index contributed by atoms with van der Waals surface area (Å²) < 4.78 is 0. The lowest BCUT2D eigenvalue weighted by atomic mass is 10.3. The van der Waals surface area contributed by atoms with Gasteiger partial charge in [0, 0.05) is 6.92 Å². The molecule has 4 nitrogen and oxygen atoms in total. The third-order valence-electron chi connectivity index (χ3n) is 1.32. The van der Waals surface area contributed by atoms with Crippen LogP contribution in [0.5, 0.6) is 0 Å².